The van der Waals surface area contributed by atoms with Gasteiger partial charge >= 0.3 is 0 Å². The third kappa shape index (κ3) is 4.12. The minimum atomic E-state index is -0.180. The van der Waals surface area contributed by atoms with Gasteiger partial charge in [0.2, 0.25) is 0 Å². The van der Waals surface area contributed by atoms with Crippen LogP contribution in [0.25, 0.3) is 0 Å². The number of allylic oxidation sites excluding steroid dienone is 1. The van der Waals surface area contributed by atoms with Crippen LogP contribution in [-0.4, -0.2) is 22.0 Å². The minimum Gasteiger partial charge on any atom is -0.372 e. The van der Waals surface area contributed by atoms with Crippen LogP contribution in [0, 0.1) is 10.8 Å². The topological polar surface area (TPSA) is 36.4 Å². The van der Waals surface area contributed by atoms with E-state index in [-0.39, 0.29) is 27.0 Å². The lowest BCUT2D eigenvalue weighted by molar-refractivity contribution is -0.0160. The molecule has 1 fully saturated rings. The van der Waals surface area contributed by atoms with Crippen molar-refractivity contribution in [2.75, 3.05) is 0 Å². The van der Waals surface area contributed by atoms with E-state index in [0.29, 0.717) is 6.04 Å². The summed E-state index contributed by atoms with van der Waals surface area (Å²) in [6.07, 6.45) is 7.34. The highest BCUT2D eigenvalue weighted by atomic mass is 35.5. The van der Waals surface area contributed by atoms with Gasteiger partial charge in [0.05, 0.1) is 5.70 Å². The van der Waals surface area contributed by atoms with Crippen molar-refractivity contribution in [1.29, 1.82) is 0 Å². The summed E-state index contributed by atoms with van der Waals surface area (Å²) in [6, 6.07) is 11.2. The predicted molar refractivity (Wildman–Crippen MR) is 136 cm³/mol. The van der Waals surface area contributed by atoms with Gasteiger partial charge in [-0.2, -0.15) is 0 Å². The van der Waals surface area contributed by atoms with E-state index < -0.39 is 0 Å². The number of nitrogens with zero attached hydrogens (tertiary/aromatic N) is 1. The van der Waals surface area contributed by atoms with Crippen LogP contribution in [0.15, 0.2) is 58.9 Å². The maximum absolute atomic E-state index is 6.64. The average Bonchev–Trinajstić information content (AvgIpc) is 2.75. The lowest BCUT2D eigenvalue weighted by Crippen LogP contribution is -2.61. The molecule has 5 heteroatoms. The maximum Gasteiger partial charge on any atom is 0.125 e. The largest absolute Gasteiger partial charge is 0.372 e. The monoisotopic (exact) mass is 457 g/mol. The first-order chi connectivity index (χ1) is 14.6. The lowest BCUT2D eigenvalue weighted by Gasteiger charge is -2.61. The molecule has 4 rings (SSSR count). The highest BCUT2D eigenvalue weighted by molar-refractivity contribution is 7.98. The van der Waals surface area contributed by atoms with Crippen molar-refractivity contribution in [3.05, 3.63) is 59.4 Å². The molecule has 0 amide bonds. The summed E-state index contributed by atoms with van der Waals surface area (Å²) in [6.45, 7) is 14.0. The molecule has 1 aromatic rings. The summed E-state index contributed by atoms with van der Waals surface area (Å²) in [7, 11) is 0. The molecule has 1 aliphatic carbocycles. The Kier molecular flexibility index (Phi) is 6.13. The molecule has 5 atom stereocenters. The standard InChI is InChI=1S/C26H36ClN3S/c1-17(30-31-24(2,3)4)25(5)13-14-26(25,6)22-19(18-10-8-7-9-11-18)16-20-21(29-22)12-15-28-23(20)27/h7-12,15,17,19,23,28,30H,13-14,16H2,1-6H3/t17?,19?,23?,25?,26-/m0/s1. The molecule has 31 heavy (non-hydrogen) atoms. The van der Waals surface area contributed by atoms with E-state index in [2.05, 4.69) is 88.0 Å². The Bertz CT molecular complexity index is 916. The van der Waals surface area contributed by atoms with Crippen LogP contribution in [0.4, 0.5) is 0 Å². The Morgan fingerprint density at radius 1 is 1.19 bits per heavy atom. The molecule has 3 nitrogen and oxygen atoms in total. The Labute approximate surface area is 197 Å². The molecule has 168 valence electrons. The molecule has 2 heterocycles. The summed E-state index contributed by atoms with van der Waals surface area (Å²) in [5.74, 6) is 0.265. The van der Waals surface area contributed by atoms with E-state index in [0.717, 1.165) is 12.1 Å². The number of alkyl halides is 1. The quantitative estimate of drug-likeness (QED) is 0.290. The molecular weight excluding hydrogens is 422 g/mol. The predicted octanol–water partition coefficient (Wildman–Crippen LogP) is 6.78. The first kappa shape index (κ1) is 22.9. The van der Waals surface area contributed by atoms with E-state index in [9.17, 15) is 0 Å². The van der Waals surface area contributed by atoms with Gasteiger partial charge in [-0.05, 0) is 75.8 Å². The van der Waals surface area contributed by atoms with Gasteiger partial charge in [0.1, 0.15) is 5.50 Å². The Morgan fingerprint density at radius 2 is 1.90 bits per heavy atom. The van der Waals surface area contributed by atoms with Crippen LogP contribution < -0.4 is 10.0 Å². The highest BCUT2D eigenvalue weighted by Gasteiger charge is 2.60. The molecule has 3 aliphatic rings. The second-order valence-corrected chi connectivity index (χ2v) is 12.8. The highest BCUT2D eigenvalue weighted by Crippen LogP contribution is 2.62. The Balaban J connectivity index is 1.72. The summed E-state index contributed by atoms with van der Waals surface area (Å²) in [5, 5.41) is 3.25. The second kappa shape index (κ2) is 8.28. The number of aliphatic imine (C=N–C) groups is 1. The number of benzene rings is 1. The molecule has 0 aromatic heterocycles. The fraction of sp³-hybridized carbons (Fsp3) is 0.577. The maximum atomic E-state index is 6.64. The lowest BCUT2D eigenvalue weighted by atomic mass is 9.45. The number of nitrogens with one attached hydrogen (secondary N) is 2. The number of hydrogen-bond acceptors (Lipinski definition) is 4. The zero-order valence-electron chi connectivity index (χ0n) is 19.6. The van der Waals surface area contributed by atoms with Gasteiger partial charge in [-0.3, -0.25) is 9.71 Å². The molecule has 0 spiro atoms. The molecule has 0 saturated heterocycles. The van der Waals surface area contributed by atoms with Crippen LogP contribution in [0.2, 0.25) is 0 Å². The van der Waals surface area contributed by atoms with Crippen LogP contribution in [0.1, 0.15) is 72.3 Å². The van der Waals surface area contributed by atoms with E-state index in [1.54, 1.807) is 0 Å². The zero-order valence-corrected chi connectivity index (χ0v) is 21.2. The van der Waals surface area contributed by atoms with Crippen molar-refractivity contribution in [3.63, 3.8) is 0 Å². The van der Waals surface area contributed by atoms with Gasteiger partial charge in [0.25, 0.3) is 0 Å². The van der Waals surface area contributed by atoms with Crippen molar-refractivity contribution in [1.82, 2.24) is 10.0 Å². The molecule has 4 unspecified atom stereocenters. The van der Waals surface area contributed by atoms with Crippen molar-refractivity contribution in [3.8, 4) is 0 Å². The molecule has 2 N–H and O–H groups in total. The summed E-state index contributed by atoms with van der Waals surface area (Å²) >= 11 is 8.49. The second-order valence-electron chi connectivity index (χ2n) is 10.7. The van der Waals surface area contributed by atoms with Gasteiger partial charge in [-0.15, -0.1) is 0 Å². The van der Waals surface area contributed by atoms with E-state index in [1.807, 2.05) is 18.1 Å². The van der Waals surface area contributed by atoms with Gasteiger partial charge in [0.15, 0.2) is 0 Å². The Morgan fingerprint density at radius 3 is 2.52 bits per heavy atom. The molecule has 1 aromatic carbocycles. The first-order valence-corrected chi connectivity index (χ1v) is 12.7. The van der Waals surface area contributed by atoms with Crippen LogP contribution >= 0.6 is 23.5 Å². The van der Waals surface area contributed by atoms with Crippen molar-refractivity contribution in [2.45, 2.75) is 83.0 Å². The fourth-order valence-electron chi connectivity index (χ4n) is 5.26. The van der Waals surface area contributed by atoms with Crippen molar-refractivity contribution < 1.29 is 0 Å². The molecule has 0 radical (unpaired) electrons. The molecule has 2 aliphatic heterocycles. The van der Waals surface area contributed by atoms with E-state index >= 15 is 0 Å². The van der Waals surface area contributed by atoms with Gasteiger partial charge in [0, 0.05) is 27.8 Å². The number of hydrogen-bond donors (Lipinski definition) is 2. The van der Waals surface area contributed by atoms with Gasteiger partial charge in [-0.25, -0.2) is 0 Å². The Hall–Kier alpha value is -1.23. The molecule has 1 saturated carbocycles. The number of rotatable bonds is 5. The van der Waals surface area contributed by atoms with E-state index in [4.69, 9.17) is 16.6 Å². The third-order valence-corrected chi connectivity index (χ3v) is 9.26. The van der Waals surface area contributed by atoms with Crippen LogP contribution in [-0.2, 0) is 0 Å². The van der Waals surface area contributed by atoms with Crippen molar-refractivity contribution in [2.24, 2.45) is 15.8 Å². The summed E-state index contributed by atoms with van der Waals surface area (Å²) in [4.78, 5) is 5.34. The van der Waals surface area contributed by atoms with Gasteiger partial charge < -0.3 is 5.32 Å². The minimum absolute atomic E-state index is 0.0391. The average molecular weight is 458 g/mol. The third-order valence-electron chi connectivity index (χ3n) is 7.78. The number of halogens is 1. The smallest absolute Gasteiger partial charge is 0.125 e. The zero-order chi connectivity index (χ0) is 22.4. The van der Waals surface area contributed by atoms with E-state index in [1.165, 1.54) is 29.7 Å². The summed E-state index contributed by atoms with van der Waals surface area (Å²) in [5.41, 5.74) is 4.94. The summed E-state index contributed by atoms with van der Waals surface area (Å²) < 4.78 is 3.97. The van der Waals surface area contributed by atoms with Crippen LogP contribution in [0.5, 0.6) is 0 Å². The van der Waals surface area contributed by atoms with Crippen LogP contribution in [0.3, 0.4) is 0 Å². The fourth-order valence-corrected chi connectivity index (χ4v) is 6.33. The van der Waals surface area contributed by atoms with Gasteiger partial charge in [-0.1, -0.05) is 67.7 Å². The molecule has 0 bridgehead atoms. The first-order valence-electron chi connectivity index (χ1n) is 11.4. The normalized spacial score (nSPS) is 33.8. The number of dihydropyridines is 1. The van der Waals surface area contributed by atoms with Crippen molar-refractivity contribution >= 4 is 29.3 Å². The SMILES string of the molecule is CC(NSC(C)(C)C)C1(C)CC[C@@]1(C)C1=NC2=C(CC1c1ccccc1)C(Cl)NC=C2. The molecular formula is C26H36ClN3S.